The Morgan fingerprint density at radius 2 is 1.71 bits per heavy atom. The summed E-state index contributed by atoms with van der Waals surface area (Å²) in [6, 6.07) is 15.8. The third-order valence-corrected chi connectivity index (χ3v) is 5.30. The van der Waals surface area contributed by atoms with Crippen LogP contribution < -0.4 is 25.2 Å². The second-order valence-corrected chi connectivity index (χ2v) is 7.40. The molecule has 2 heterocycles. The van der Waals surface area contributed by atoms with E-state index in [-0.39, 0.29) is 12.7 Å². The molecular formula is C23H26N4O4. The fourth-order valence-electron chi connectivity index (χ4n) is 3.55. The van der Waals surface area contributed by atoms with Gasteiger partial charge < -0.3 is 14.4 Å². The number of anilines is 1. The predicted molar refractivity (Wildman–Crippen MR) is 118 cm³/mol. The minimum Gasteiger partial charge on any atom is -0.454 e. The number of rotatable bonds is 6. The highest BCUT2D eigenvalue weighted by Crippen LogP contribution is 2.32. The fourth-order valence-corrected chi connectivity index (χ4v) is 3.55. The number of nitrogens with one attached hydrogen (secondary N) is 2. The van der Waals surface area contributed by atoms with Crippen LogP contribution in [0.4, 0.5) is 5.69 Å². The first-order chi connectivity index (χ1) is 15.2. The topological polar surface area (TPSA) is 83.1 Å². The molecule has 0 spiro atoms. The second kappa shape index (κ2) is 9.99. The molecule has 0 unspecified atom stereocenters. The van der Waals surface area contributed by atoms with E-state index >= 15 is 0 Å². The number of hydrazine groups is 1. The van der Waals surface area contributed by atoms with Crippen molar-refractivity contribution in [3.8, 4) is 11.5 Å². The van der Waals surface area contributed by atoms with Crippen LogP contribution in [-0.2, 0) is 9.59 Å². The Balaban J connectivity index is 1.13. The average Bonchev–Trinajstić information content (AvgIpc) is 3.29. The number of piperazine rings is 1. The van der Waals surface area contributed by atoms with Gasteiger partial charge in [-0.2, -0.15) is 0 Å². The van der Waals surface area contributed by atoms with Gasteiger partial charge in [0.05, 0.1) is 0 Å². The first kappa shape index (κ1) is 20.7. The lowest BCUT2D eigenvalue weighted by Gasteiger charge is -2.36. The van der Waals surface area contributed by atoms with Crippen molar-refractivity contribution in [1.29, 1.82) is 0 Å². The molecule has 2 aromatic carbocycles. The first-order valence-electron chi connectivity index (χ1n) is 10.4. The van der Waals surface area contributed by atoms with Gasteiger partial charge in [0.15, 0.2) is 11.5 Å². The maximum Gasteiger partial charge on any atom is 0.262 e. The van der Waals surface area contributed by atoms with Crippen LogP contribution in [0.3, 0.4) is 0 Å². The molecule has 8 heteroatoms. The zero-order chi connectivity index (χ0) is 21.5. The monoisotopic (exact) mass is 422 g/mol. The molecule has 31 heavy (non-hydrogen) atoms. The van der Waals surface area contributed by atoms with Crippen molar-refractivity contribution < 1.29 is 19.1 Å². The smallest absolute Gasteiger partial charge is 0.262 e. The number of hydrogen-bond donors (Lipinski definition) is 2. The zero-order valence-corrected chi connectivity index (χ0v) is 17.3. The van der Waals surface area contributed by atoms with Gasteiger partial charge in [0.25, 0.3) is 5.91 Å². The molecule has 1 fully saturated rings. The summed E-state index contributed by atoms with van der Waals surface area (Å²) in [4.78, 5) is 28.6. The summed E-state index contributed by atoms with van der Waals surface area (Å²) in [5, 5.41) is 0. The number of para-hydroxylation sites is 1. The fraction of sp³-hybridized carbons (Fsp3) is 0.304. The summed E-state index contributed by atoms with van der Waals surface area (Å²) in [5.74, 6) is 0.730. The standard InChI is InChI=1S/C23H26N4O4/c28-22(9-7-18-6-8-20-21(16-18)31-17-30-20)24-25-23(29)10-11-26-12-14-27(15-13-26)19-4-2-1-3-5-19/h1-9,16H,10-15,17H2,(H,24,28)(H,25,29). The maximum atomic E-state index is 12.1. The summed E-state index contributed by atoms with van der Waals surface area (Å²) < 4.78 is 10.6. The molecule has 2 aliphatic rings. The van der Waals surface area contributed by atoms with E-state index in [1.54, 1.807) is 18.2 Å². The number of carbonyl (C=O) groups excluding carboxylic acids is 2. The highest BCUT2D eigenvalue weighted by atomic mass is 16.7. The highest BCUT2D eigenvalue weighted by molar-refractivity contribution is 5.93. The van der Waals surface area contributed by atoms with Crippen molar-refractivity contribution in [2.75, 3.05) is 44.4 Å². The third kappa shape index (κ3) is 5.76. The van der Waals surface area contributed by atoms with Crippen LogP contribution >= 0.6 is 0 Å². The Labute approximate surface area is 181 Å². The molecule has 2 amide bonds. The van der Waals surface area contributed by atoms with Crippen LogP contribution in [0.2, 0.25) is 0 Å². The molecule has 0 aromatic heterocycles. The Bertz CT molecular complexity index is 940. The Kier molecular flexibility index (Phi) is 6.68. The number of ether oxygens (including phenoxy) is 2. The van der Waals surface area contributed by atoms with Crippen LogP contribution in [0.15, 0.2) is 54.6 Å². The molecule has 0 bridgehead atoms. The van der Waals surface area contributed by atoms with Crippen molar-refractivity contribution in [2.45, 2.75) is 6.42 Å². The highest BCUT2D eigenvalue weighted by Gasteiger charge is 2.17. The van der Waals surface area contributed by atoms with Gasteiger partial charge in [-0.3, -0.25) is 25.3 Å². The Hall–Kier alpha value is -3.52. The number of amides is 2. The largest absolute Gasteiger partial charge is 0.454 e. The molecule has 4 rings (SSSR count). The van der Waals surface area contributed by atoms with Gasteiger partial charge >= 0.3 is 0 Å². The molecular weight excluding hydrogens is 396 g/mol. The van der Waals surface area contributed by atoms with Crippen molar-refractivity contribution in [2.24, 2.45) is 0 Å². The van der Waals surface area contributed by atoms with Crippen molar-refractivity contribution in [1.82, 2.24) is 15.8 Å². The van der Waals surface area contributed by atoms with Crippen LogP contribution in [-0.4, -0.2) is 56.2 Å². The van der Waals surface area contributed by atoms with Gasteiger partial charge in [-0.25, -0.2) is 0 Å². The van der Waals surface area contributed by atoms with E-state index in [1.807, 2.05) is 24.3 Å². The molecule has 0 radical (unpaired) electrons. The van der Waals surface area contributed by atoms with E-state index in [9.17, 15) is 9.59 Å². The number of fused-ring (bicyclic) bond motifs is 1. The summed E-state index contributed by atoms with van der Waals surface area (Å²) in [7, 11) is 0. The lowest BCUT2D eigenvalue weighted by molar-refractivity contribution is -0.127. The molecule has 0 saturated carbocycles. The van der Waals surface area contributed by atoms with Gasteiger partial charge in [-0.1, -0.05) is 24.3 Å². The van der Waals surface area contributed by atoms with Crippen LogP contribution in [0.5, 0.6) is 11.5 Å². The van der Waals surface area contributed by atoms with E-state index in [2.05, 4.69) is 32.8 Å². The molecule has 2 aliphatic heterocycles. The Morgan fingerprint density at radius 3 is 2.52 bits per heavy atom. The summed E-state index contributed by atoms with van der Waals surface area (Å²) in [5.41, 5.74) is 6.92. The minimum absolute atomic E-state index is 0.206. The van der Waals surface area contributed by atoms with Crippen LogP contribution in [0.25, 0.3) is 6.08 Å². The first-order valence-corrected chi connectivity index (χ1v) is 10.4. The number of hydrogen-bond acceptors (Lipinski definition) is 6. The average molecular weight is 422 g/mol. The van der Waals surface area contributed by atoms with E-state index in [0.717, 1.165) is 31.7 Å². The number of carbonyl (C=O) groups is 2. The molecule has 0 aliphatic carbocycles. The van der Waals surface area contributed by atoms with Crippen molar-refractivity contribution in [3.05, 3.63) is 60.2 Å². The number of benzene rings is 2. The SMILES string of the molecule is O=C(C=Cc1ccc2c(c1)OCO2)NNC(=O)CCN1CCN(c2ccccc2)CC1. The molecule has 2 aromatic rings. The van der Waals surface area contributed by atoms with Crippen LogP contribution in [0, 0.1) is 0 Å². The van der Waals surface area contributed by atoms with Crippen molar-refractivity contribution in [3.63, 3.8) is 0 Å². The maximum absolute atomic E-state index is 12.1. The van der Waals surface area contributed by atoms with E-state index in [1.165, 1.54) is 11.8 Å². The lowest BCUT2D eigenvalue weighted by Crippen LogP contribution is -2.48. The minimum atomic E-state index is -0.400. The number of nitrogens with zero attached hydrogens (tertiary/aromatic N) is 2. The predicted octanol–water partition coefficient (Wildman–Crippen LogP) is 1.79. The molecule has 162 valence electrons. The van der Waals surface area contributed by atoms with Crippen LogP contribution in [0.1, 0.15) is 12.0 Å². The second-order valence-electron chi connectivity index (χ2n) is 7.40. The molecule has 0 atom stereocenters. The summed E-state index contributed by atoms with van der Waals surface area (Å²) in [6.45, 7) is 4.56. The van der Waals surface area contributed by atoms with Crippen molar-refractivity contribution >= 4 is 23.6 Å². The molecule has 8 nitrogen and oxygen atoms in total. The third-order valence-electron chi connectivity index (χ3n) is 5.30. The van der Waals surface area contributed by atoms with Gasteiger partial charge in [-0.15, -0.1) is 0 Å². The summed E-state index contributed by atoms with van der Waals surface area (Å²) in [6.07, 6.45) is 3.34. The van der Waals surface area contributed by atoms with Gasteiger partial charge in [0, 0.05) is 50.9 Å². The van der Waals surface area contributed by atoms with E-state index < -0.39 is 5.91 Å². The quantitative estimate of drug-likeness (QED) is 0.546. The lowest BCUT2D eigenvalue weighted by atomic mass is 10.2. The van der Waals surface area contributed by atoms with E-state index in [4.69, 9.17) is 9.47 Å². The normalized spacial score (nSPS) is 15.8. The molecule has 1 saturated heterocycles. The zero-order valence-electron chi connectivity index (χ0n) is 17.3. The van der Waals surface area contributed by atoms with Gasteiger partial charge in [-0.05, 0) is 35.9 Å². The summed E-state index contributed by atoms with van der Waals surface area (Å²) >= 11 is 0. The van der Waals surface area contributed by atoms with Gasteiger partial charge in [0.1, 0.15) is 0 Å². The van der Waals surface area contributed by atoms with E-state index in [0.29, 0.717) is 24.5 Å². The Morgan fingerprint density at radius 1 is 0.935 bits per heavy atom. The molecule has 2 N–H and O–H groups in total. The van der Waals surface area contributed by atoms with Gasteiger partial charge in [0.2, 0.25) is 12.7 Å².